The van der Waals surface area contributed by atoms with Crippen molar-refractivity contribution in [2.75, 3.05) is 34.5 Å². The zero-order valence-electron chi connectivity index (χ0n) is 20.4. The van der Waals surface area contributed by atoms with Crippen molar-refractivity contribution in [1.29, 1.82) is 0 Å². The summed E-state index contributed by atoms with van der Waals surface area (Å²) in [6.45, 7) is 5.78. The first-order valence-corrected chi connectivity index (χ1v) is 11.2. The fourth-order valence-corrected chi connectivity index (χ4v) is 3.61. The molecule has 2 rings (SSSR count). The van der Waals surface area contributed by atoms with Crippen LogP contribution in [0.4, 0.5) is 0 Å². The second kappa shape index (κ2) is 11.7. The molecule has 1 saturated heterocycles. The lowest BCUT2D eigenvalue weighted by atomic mass is 9.84. The van der Waals surface area contributed by atoms with E-state index in [0.717, 1.165) is 18.4 Å². The number of carbonyl (C=O) groups excluding carboxylic acids is 3. The van der Waals surface area contributed by atoms with Gasteiger partial charge in [-0.2, -0.15) is 0 Å². The summed E-state index contributed by atoms with van der Waals surface area (Å²) >= 11 is 0. The second-order valence-corrected chi connectivity index (χ2v) is 8.57. The lowest BCUT2D eigenvalue weighted by Crippen LogP contribution is -2.53. The molecular weight excluding hydrogens is 426 g/mol. The van der Waals surface area contributed by atoms with Crippen molar-refractivity contribution in [3.8, 4) is 17.2 Å². The lowest BCUT2D eigenvalue weighted by Gasteiger charge is -2.35. The highest BCUT2D eigenvalue weighted by atomic mass is 16.5. The minimum Gasteiger partial charge on any atom is -0.493 e. The van der Waals surface area contributed by atoms with Crippen molar-refractivity contribution in [1.82, 2.24) is 4.90 Å². The molecule has 0 aliphatic carbocycles. The molecule has 1 heterocycles. The van der Waals surface area contributed by atoms with Crippen LogP contribution in [0, 0.1) is 5.41 Å². The van der Waals surface area contributed by atoms with Crippen LogP contribution in [0.25, 0.3) is 6.08 Å². The Morgan fingerprint density at radius 1 is 1.06 bits per heavy atom. The van der Waals surface area contributed by atoms with Crippen molar-refractivity contribution < 1.29 is 33.3 Å². The highest BCUT2D eigenvalue weighted by molar-refractivity contribution is 6.38. The molecule has 1 atom stereocenters. The minimum absolute atomic E-state index is 0.0302. The molecule has 33 heavy (non-hydrogen) atoms. The number of nitrogens with zero attached hydrogens (tertiary/aromatic N) is 1. The molecule has 0 saturated carbocycles. The molecule has 1 aromatic carbocycles. The Morgan fingerprint density at radius 2 is 1.70 bits per heavy atom. The third-order valence-corrected chi connectivity index (χ3v) is 6.05. The average molecular weight is 462 g/mol. The average Bonchev–Trinajstić information content (AvgIpc) is 2.84. The van der Waals surface area contributed by atoms with Crippen LogP contribution in [0.2, 0.25) is 0 Å². The van der Waals surface area contributed by atoms with E-state index in [1.807, 2.05) is 6.92 Å². The van der Waals surface area contributed by atoms with Gasteiger partial charge in [0.15, 0.2) is 11.5 Å². The monoisotopic (exact) mass is 461 g/mol. The second-order valence-electron chi connectivity index (χ2n) is 8.57. The number of carbonyl (C=O) groups is 3. The van der Waals surface area contributed by atoms with E-state index < -0.39 is 29.1 Å². The quantitative estimate of drug-likeness (QED) is 0.388. The molecule has 8 nitrogen and oxygen atoms in total. The molecule has 8 heteroatoms. The van der Waals surface area contributed by atoms with Gasteiger partial charge in [0.25, 0.3) is 5.91 Å². The van der Waals surface area contributed by atoms with Gasteiger partial charge in [0.05, 0.1) is 21.3 Å². The van der Waals surface area contributed by atoms with E-state index in [-0.39, 0.29) is 6.61 Å². The minimum atomic E-state index is -0.758. The van der Waals surface area contributed by atoms with Gasteiger partial charge in [-0.3, -0.25) is 9.59 Å². The van der Waals surface area contributed by atoms with Crippen molar-refractivity contribution in [3.05, 3.63) is 23.8 Å². The molecule has 1 amide bonds. The van der Waals surface area contributed by atoms with Crippen LogP contribution in [-0.2, 0) is 19.1 Å². The summed E-state index contributed by atoms with van der Waals surface area (Å²) in [5.41, 5.74) is 0.0223. The maximum Gasteiger partial charge on any atom is 0.329 e. The maximum absolute atomic E-state index is 12.8. The molecule has 0 radical (unpaired) electrons. The van der Waals surface area contributed by atoms with Crippen molar-refractivity contribution in [3.63, 3.8) is 0 Å². The van der Waals surface area contributed by atoms with Gasteiger partial charge in [0.2, 0.25) is 11.5 Å². The smallest absolute Gasteiger partial charge is 0.329 e. The predicted molar refractivity (Wildman–Crippen MR) is 125 cm³/mol. The first-order chi connectivity index (χ1) is 15.7. The van der Waals surface area contributed by atoms with Crippen LogP contribution in [-0.4, -0.2) is 63.1 Å². The zero-order valence-corrected chi connectivity index (χ0v) is 20.4. The molecule has 0 spiro atoms. The lowest BCUT2D eigenvalue weighted by molar-refractivity contribution is -0.160. The number of Topliss-reactive ketones (excluding diaryl/α,β-unsaturated/α-hetero) is 1. The third-order valence-electron chi connectivity index (χ3n) is 6.05. The number of benzene rings is 1. The van der Waals surface area contributed by atoms with Gasteiger partial charge in [-0.25, -0.2) is 4.79 Å². The third kappa shape index (κ3) is 6.27. The van der Waals surface area contributed by atoms with Crippen LogP contribution in [0.3, 0.4) is 0 Å². The number of ketones is 1. The molecule has 1 fully saturated rings. The van der Waals surface area contributed by atoms with E-state index in [0.29, 0.717) is 36.6 Å². The fourth-order valence-electron chi connectivity index (χ4n) is 3.61. The van der Waals surface area contributed by atoms with Crippen LogP contribution in [0.5, 0.6) is 17.2 Å². The summed E-state index contributed by atoms with van der Waals surface area (Å²) in [5, 5.41) is 0. The van der Waals surface area contributed by atoms with Gasteiger partial charge in [-0.05, 0) is 49.5 Å². The zero-order chi connectivity index (χ0) is 24.6. The summed E-state index contributed by atoms with van der Waals surface area (Å²) in [6.07, 6.45) is 6.06. The van der Waals surface area contributed by atoms with Gasteiger partial charge in [0, 0.05) is 12.0 Å². The van der Waals surface area contributed by atoms with Gasteiger partial charge in [0.1, 0.15) is 12.6 Å². The maximum atomic E-state index is 12.8. The first-order valence-electron chi connectivity index (χ1n) is 11.2. The van der Waals surface area contributed by atoms with E-state index in [2.05, 4.69) is 0 Å². The summed E-state index contributed by atoms with van der Waals surface area (Å²) in [7, 11) is 4.61. The summed E-state index contributed by atoms with van der Waals surface area (Å²) in [6, 6.07) is 2.82. The summed E-state index contributed by atoms with van der Waals surface area (Å²) in [4.78, 5) is 39.6. The normalized spacial score (nSPS) is 16.4. The Morgan fingerprint density at radius 3 is 2.24 bits per heavy atom. The molecule has 1 aliphatic heterocycles. The number of likely N-dealkylation sites (tertiary alicyclic amines) is 1. The number of methoxy groups -OCH3 is 3. The Hall–Kier alpha value is -3.03. The molecular formula is C25H35NO7. The number of esters is 1. The molecule has 1 aromatic rings. The summed E-state index contributed by atoms with van der Waals surface area (Å²) < 4.78 is 21.4. The van der Waals surface area contributed by atoms with Gasteiger partial charge < -0.3 is 23.8 Å². The standard InChI is InChI=1S/C25H35NO7/c1-7-25(2,3)22(27)23(28)26-13-9-8-12-18(26)24(29)33-14-10-11-17-15-19(30-4)21(32-6)20(16-17)31-5/h10-11,15-16,18H,7-9,12-14H2,1-6H3/b11-10+. The topological polar surface area (TPSA) is 91.4 Å². The first kappa shape index (κ1) is 26.2. The molecule has 1 unspecified atom stereocenters. The van der Waals surface area contributed by atoms with E-state index in [4.69, 9.17) is 18.9 Å². The molecule has 0 N–H and O–H groups in total. The number of amides is 1. The number of piperidine rings is 1. The van der Waals surface area contributed by atoms with Gasteiger partial charge >= 0.3 is 5.97 Å². The Bertz CT molecular complexity index is 866. The Kier molecular flexibility index (Phi) is 9.32. The van der Waals surface area contributed by atoms with Crippen molar-refractivity contribution in [2.45, 2.75) is 52.5 Å². The number of hydrogen-bond acceptors (Lipinski definition) is 7. The van der Waals surface area contributed by atoms with E-state index >= 15 is 0 Å². The van der Waals surface area contributed by atoms with Gasteiger partial charge in [-0.1, -0.05) is 26.8 Å². The van der Waals surface area contributed by atoms with Crippen LogP contribution < -0.4 is 14.2 Å². The van der Waals surface area contributed by atoms with E-state index in [9.17, 15) is 14.4 Å². The molecule has 0 bridgehead atoms. The van der Waals surface area contributed by atoms with Crippen molar-refractivity contribution in [2.24, 2.45) is 5.41 Å². The molecule has 182 valence electrons. The molecule has 1 aliphatic rings. The predicted octanol–water partition coefficient (Wildman–Crippen LogP) is 3.66. The number of hydrogen-bond donors (Lipinski definition) is 0. The highest BCUT2D eigenvalue weighted by Crippen LogP contribution is 2.38. The van der Waals surface area contributed by atoms with Gasteiger partial charge in [-0.15, -0.1) is 0 Å². The molecule has 0 aromatic heterocycles. The summed E-state index contributed by atoms with van der Waals surface area (Å²) in [5.74, 6) is -0.0383. The Balaban J connectivity index is 2.05. The van der Waals surface area contributed by atoms with Crippen LogP contribution >= 0.6 is 0 Å². The largest absolute Gasteiger partial charge is 0.493 e. The van der Waals surface area contributed by atoms with E-state index in [1.54, 1.807) is 38.1 Å². The SMILES string of the molecule is CCC(C)(C)C(=O)C(=O)N1CCCCC1C(=O)OC/C=C/c1cc(OC)c(OC)c(OC)c1. The van der Waals surface area contributed by atoms with Crippen LogP contribution in [0.15, 0.2) is 18.2 Å². The Labute approximate surface area is 195 Å². The van der Waals surface area contributed by atoms with Crippen molar-refractivity contribution >= 4 is 23.7 Å². The number of ether oxygens (including phenoxy) is 4. The highest BCUT2D eigenvalue weighted by Gasteiger charge is 2.40. The number of rotatable bonds is 10. The van der Waals surface area contributed by atoms with Crippen LogP contribution in [0.1, 0.15) is 52.0 Å². The van der Waals surface area contributed by atoms with E-state index in [1.165, 1.54) is 26.2 Å². The fraction of sp³-hybridized carbons (Fsp3) is 0.560.